The molecule has 3 nitrogen and oxygen atoms in total. The summed E-state index contributed by atoms with van der Waals surface area (Å²) in [6.45, 7) is 2.64. The van der Waals surface area contributed by atoms with Crippen LogP contribution in [0.3, 0.4) is 0 Å². The third-order valence-electron chi connectivity index (χ3n) is 2.89. The van der Waals surface area contributed by atoms with E-state index in [1.54, 1.807) is 6.20 Å². The standard InChI is InChI=1S/C15H14ClN3/c1-11-6-8-18-15(14(11)10-17)19-9-7-12-2-4-13(16)5-3-12/h2-6,8H,7,9H2,1H3,(H,18,19). The molecule has 0 aliphatic heterocycles. The second kappa shape index (κ2) is 6.21. The fourth-order valence-electron chi connectivity index (χ4n) is 1.81. The van der Waals surface area contributed by atoms with E-state index in [0.717, 1.165) is 23.6 Å². The first kappa shape index (κ1) is 13.4. The van der Waals surface area contributed by atoms with E-state index in [2.05, 4.69) is 16.4 Å². The monoisotopic (exact) mass is 271 g/mol. The van der Waals surface area contributed by atoms with E-state index in [4.69, 9.17) is 16.9 Å². The first-order chi connectivity index (χ1) is 9.20. The lowest BCUT2D eigenvalue weighted by atomic mass is 10.1. The molecule has 0 spiro atoms. The number of hydrogen-bond donors (Lipinski definition) is 1. The van der Waals surface area contributed by atoms with Crippen LogP contribution in [-0.2, 0) is 6.42 Å². The Morgan fingerprint density at radius 3 is 2.68 bits per heavy atom. The van der Waals surface area contributed by atoms with Crippen molar-refractivity contribution in [2.24, 2.45) is 0 Å². The minimum atomic E-state index is 0.610. The summed E-state index contributed by atoms with van der Waals surface area (Å²) in [5, 5.41) is 13.0. The molecule has 1 aromatic heterocycles. The summed E-state index contributed by atoms with van der Waals surface area (Å²) in [7, 11) is 0. The van der Waals surface area contributed by atoms with Crippen LogP contribution in [0.25, 0.3) is 0 Å². The van der Waals surface area contributed by atoms with Crippen LogP contribution in [-0.4, -0.2) is 11.5 Å². The van der Waals surface area contributed by atoms with Crippen LogP contribution in [0.15, 0.2) is 36.5 Å². The van der Waals surface area contributed by atoms with E-state index in [1.807, 2.05) is 37.3 Å². The lowest BCUT2D eigenvalue weighted by Crippen LogP contribution is -2.08. The second-order valence-electron chi connectivity index (χ2n) is 4.27. The van der Waals surface area contributed by atoms with Gasteiger partial charge in [0.05, 0.1) is 5.56 Å². The van der Waals surface area contributed by atoms with Gasteiger partial charge in [-0.25, -0.2) is 4.98 Å². The SMILES string of the molecule is Cc1ccnc(NCCc2ccc(Cl)cc2)c1C#N. The van der Waals surface area contributed by atoms with Crippen molar-refractivity contribution < 1.29 is 0 Å². The molecule has 2 aromatic rings. The van der Waals surface area contributed by atoms with Crippen molar-refractivity contribution in [3.8, 4) is 6.07 Å². The first-order valence-corrected chi connectivity index (χ1v) is 6.42. The van der Waals surface area contributed by atoms with Gasteiger partial charge >= 0.3 is 0 Å². The smallest absolute Gasteiger partial charge is 0.144 e. The summed E-state index contributed by atoms with van der Waals surface area (Å²) >= 11 is 5.84. The number of nitrogens with one attached hydrogen (secondary N) is 1. The van der Waals surface area contributed by atoms with Crippen molar-refractivity contribution >= 4 is 17.4 Å². The number of anilines is 1. The van der Waals surface area contributed by atoms with Gasteiger partial charge in [-0.15, -0.1) is 0 Å². The van der Waals surface area contributed by atoms with Gasteiger partial charge in [0.15, 0.2) is 0 Å². The highest BCUT2D eigenvalue weighted by molar-refractivity contribution is 6.30. The summed E-state index contributed by atoms with van der Waals surface area (Å²) in [6.07, 6.45) is 2.57. The van der Waals surface area contributed by atoms with Gasteiger partial charge in [0, 0.05) is 17.8 Å². The van der Waals surface area contributed by atoms with Crippen molar-refractivity contribution in [3.63, 3.8) is 0 Å². The summed E-state index contributed by atoms with van der Waals surface area (Å²) in [6, 6.07) is 11.8. The molecule has 0 amide bonds. The summed E-state index contributed by atoms with van der Waals surface area (Å²) in [5.41, 5.74) is 2.74. The molecule has 1 N–H and O–H groups in total. The summed E-state index contributed by atoms with van der Waals surface area (Å²) < 4.78 is 0. The molecule has 2 rings (SSSR count). The maximum absolute atomic E-state index is 9.10. The minimum Gasteiger partial charge on any atom is -0.369 e. The first-order valence-electron chi connectivity index (χ1n) is 6.04. The highest BCUT2D eigenvalue weighted by Crippen LogP contribution is 2.15. The normalized spacial score (nSPS) is 9.95. The Balaban J connectivity index is 1.98. The van der Waals surface area contributed by atoms with Crippen molar-refractivity contribution in [1.82, 2.24) is 4.98 Å². The molecule has 96 valence electrons. The van der Waals surface area contributed by atoms with Crippen molar-refractivity contribution in [2.45, 2.75) is 13.3 Å². The van der Waals surface area contributed by atoms with E-state index >= 15 is 0 Å². The van der Waals surface area contributed by atoms with Crippen LogP contribution in [0, 0.1) is 18.3 Å². The van der Waals surface area contributed by atoms with Gasteiger partial charge in [-0.3, -0.25) is 0 Å². The van der Waals surface area contributed by atoms with Gasteiger partial charge in [-0.05, 0) is 42.7 Å². The van der Waals surface area contributed by atoms with E-state index in [1.165, 1.54) is 5.56 Å². The molecule has 0 aliphatic carbocycles. The number of halogens is 1. The van der Waals surface area contributed by atoms with Gasteiger partial charge in [-0.2, -0.15) is 5.26 Å². The molecule has 19 heavy (non-hydrogen) atoms. The van der Waals surface area contributed by atoms with E-state index in [0.29, 0.717) is 11.4 Å². The molecule has 0 radical (unpaired) electrons. The van der Waals surface area contributed by atoms with Crippen LogP contribution in [0.4, 0.5) is 5.82 Å². The summed E-state index contributed by atoms with van der Waals surface area (Å²) in [4.78, 5) is 4.20. The maximum atomic E-state index is 9.10. The molecule has 0 bridgehead atoms. The van der Waals surface area contributed by atoms with Crippen LogP contribution in [0.1, 0.15) is 16.7 Å². The highest BCUT2D eigenvalue weighted by atomic mass is 35.5. The predicted molar refractivity (Wildman–Crippen MR) is 77.3 cm³/mol. The average molecular weight is 272 g/mol. The molecular formula is C15H14ClN3. The average Bonchev–Trinajstić information content (AvgIpc) is 2.41. The zero-order chi connectivity index (χ0) is 13.7. The number of nitriles is 1. The lowest BCUT2D eigenvalue weighted by molar-refractivity contribution is 1.00. The molecule has 0 fully saturated rings. The quantitative estimate of drug-likeness (QED) is 0.925. The largest absolute Gasteiger partial charge is 0.369 e. The number of nitrogens with zero attached hydrogens (tertiary/aromatic N) is 2. The number of aromatic nitrogens is 1. The van der Waals surface area contributed by atoms with Crippen molar-refractivity contribution in [3.05, 3.63) is 58.2 Å². The van der Waals surface area contributed by atoms with Crippen LogP contribution >= 0.6 is 11.6 Å². The second-order valence-corrected chi connectivity index (χ2v) is 4.70. The van der Waals surface area contributed by atoms with Gasteiger partial charge in [0.1, 0.15) is 11.9 Å². The topological polar surface area (TPSA) is 48.7 Å². The predicted octanol–water partition coefficient (Wildman–Crippen LogP) is 3.57. The molecule has 1 aromatic carbocycles. The van der Waals surface area contributed by atoms with Gasteiger partial charge in [0.25, 0.3) is 0 Å². The Bertz CT molecular complexity index is 600. The Hall–Kier alpha value is -2.05. The van der Waals surface area contributed by atoms with Crippen LogP contribution < -0.4 is 5.32 Å². The Morgan fingerprint density at radius 1 is 1.26 bits per heavy atom. The highest BCUT2D eigenvalue weighted by Gasteiger charge is 2.05. The number of aryl methyl sites for hydroxylation is 1. The van der Waals surface area contributed by atoms with Crippen molar-refractivity contribution in [1.29, 1.82) is 5.26 Å². The van der Waals surface area contributed by atoms with Gasteiger partial charge in [-0.1, -0.05) is 23.7 Å². The lowest BCUT2D eigenvalue weighted by Gasteiger charge is -2.08. The van der Waals surface area contributed by atoms with E-state index < -0.39 is 0 Å². The third kappa shape index (κ3) is 3.46. The molecular weight excluding hydrogens is 258 g/mol. The van der Waals surface area contributed by atoms with E-state index in [9.17, 15) is 0 Å². The fourth-order valence-corrected chi connectivity index (χ4v) is 1.94. The molecule has 0 atom stereocenters. The molecule has 0 saturated carbocycles. The Labute approximate surface area is 117 Å². The number of rotatable bonds is 4. The molecule has 0 aliphatic rings. The third-order valence-corrected chi connectivity index (χ3v) is 3.14. The molecule has 0 unspecified atom stereocenters. The molecule has 1 heterocycles. The maximum Gasteiger partial charge on any atom is 0.144 e. The molecule has 4 heteroatoms. The van der Waals surface area contributed by atoms with Crippen LogP contribution in [0.5, 0.6) is 0 Å². The summed E-state index contributed by atoms with van der Waals surface area (Å²) in [5.74, 6) is 0.650. The van der Waals surface area contributed by atoms with Gasteiger partial charge < -0.3 is 5.32 Å². The van der Waals surface area contributed by atoms with Gasteiger partial charge in [0.2, 0.25) is 0 Å². The number of benzene rings is 1. The fraction of sp³-hybridized carbons (Fsp3) is 0.200. The zero-order valence-electron chi connectivity index (χ0n) is 10.7. The number of hydrogen-bond acceptors (Lipinski definition) is 3. The van der Waals surface area contributed by atoms with Crippen LogP contribution in [0.2, 0.25) is 5.02 Å². The Morgan fingerprint density at radius 2 is 2.00 bits per heavy atom. The number of pyridine rings is 1. The molecule has 0 saturated heterocycles. The zero-order valence-corrected chi connectivity index (χ0v) is 11.4. The minimum absolute atomic E-state index is 0.610. The van der Waals surface area contributed by atoms with E-state index in [-0.39, 0.29) is 0 Å². The van der Waals surface area contributed by atoms with Crippen molar-refractivity contribution in [2.75, 3.05) is 11.9 Å². The Kier molecular flexibility index (Phi) is 4.38.